The molecule has 2 rings (SSSR count). The van der Waals surface area contributed by atoms with E-state index in [0.29, 0.717) is 10.6 Å². The molecule has 0 saturated carbocycles. The van der Waals surface area contributed by atoms with E-state index in [-0.39, 0.29) is 10.9 Å². The molecule has 1 heterocycles. The number of aliphatic hydroxyl groups is 2. The molecule has 3 N–H and O–H groups in total. The Balaban J connectivity index is 2.22. The number of aliphatic hydroxyl groups excluding tert-OH is 2. The molecule has 6 heteroatoms. The fourth-order valence-electron chi connectivity index (χ4n) is 1.82. The van der Waals surface area contributed by atoms with E-state index in [9.17, 15) is 15.0 Å². The number of carbonyl (C=O) groups excluding carboxylic acids is 1. The number of thioether (sulfide) groups is 1. The molecule has 4 nitrogen and oxygen atoms in total. The summed E-state index contributed by atoms with van der Waals surface area (Å²) in [6.07, 6.45) is -0.374. The topological polar surface area (TPSA) is 73.3 Å². The molecule has 0 aliphatic carbocycles. The number of rotatable bonds is 4. The normalized spacial score (nSPS) is 14.5. The Morgan fingerprint density at radius 3 is 2.89 bits per heavy atom. The molecule has 102 valence electrons. The maximum Gasteiger partial charge on any atom is 0.185 e. The van der Waals surface area contributed by atoms with Crippen LogP contribution in [0.15, 0.2) is 24.4 Å². The summed E-state index contributed by atoms with van der Waals surface area (Å²) in [5.74, 6) is 0.137. The van der Waals surface area contributed by atoms with Crippen molar-refractivity contribution in [3.8, 4) is 0 Å². The zero-order valence-electron chi connectivity index (χ0n) is 10.3. The molecule has 0 aliphatic rings. The molecule has 19 heavy (non-hydrogen) atoms. The van der Waals surface area contributed by atoms with E-state index in [1.807, 2.05) is 6.07 Å². The van der Waals surface area contributed by atoms with Crippen molar-refractivity contribution in [3.05, 3.63) is 35.0 Å². The summed E-state index contributed by atoms with van der Waals surface area (Å²) in [6.45, 7) is 1.42. The Kier molecular flexibility index (Phi) is 4.52. The first-order valence-electron chi connectivity index (χ1n) is 5.75. The van der Waals surface area contributed by atoms with Gasteiger partial charge in [0.15, 0.2) is 5.12 Å². The molecular weight excluding hydrogens is 286 g/mol. The van der Waals surface area contributed by atoms with Crippen molar-refractivity contribution in [3.63, 3.8) is 0 Å². The highest BCUT2D eigenvalue weighted by atomic mass is 35.5. The van der Waals surface area contributed by atoms with E-state index in [1.165, 1.54) is 6.92 Å². The van der Waals surface area contributed by atoms with Crippen molar-refractivity contribution in [2.75, 3.05) is 5.75 Å². The number of hydrogen-bond acceptors (Lipinski definition) is 4. The third-order valence-electron chi connectivity index (χ3n) is 2.81. The van der Waals surface area contributed by atoms with Crippen LogP contribution in [0, 0.1) is 0 Å². The highest BCUT2D eigenvalue weighted by molar-refractivity contribution is 8.13. The quantitative estimate of drug-likeness (QED) is 0.811. The number of aromatic nitrogens is 1. The summed E-state index contributed by atoms with van der Waals surface area (Å²) >= 11 is 7.07. The Morgan fingerprint density at radius 2 is 2.21 bits per heavy atom. The number of hydrogen-bond donors (Lipinski definition) is 3. The summed E-state index contributed by atoms with van der Waals surface area (Å²) in [5.41, 5.74) is 1.33. The van der Waals surface area contributed by atoms with Gasteiger partial charge in [-0.05, 0) is 23.6 Å². The lowest BCUT2D eigenvalue weighted by Gasteiger charge is -2.18. The minimum atomic E-state index is -1.11. The highest BCUT2D eigenvalue weighted by Gasteiger charge is 2.22. The van der Waals surface area contributed by atoms with Crippen LogP contribution in [0.4, 0.5) is 0 Å². The van der Waals surface area contributed by atoms with Gasteiger partial charge in [0.25, 0.3) is 0 Å². The zero-order chi connectivity index (χ0) is 14.0. The monoisotopic (exact) mass is 299 g/mol. The minimum absolute atomic E-state index is 0.0987. The number of carbonyl (C=O) groups is 1. The third-order valence-corrected chi connectivity index (χ3v) is 4.05. The highest BCUT2D eigenvalue weighted by Crippen LogP contribution is 2.30. The van der Waals surface area contributed by atoms with Crippen molar-refractivity contribution in [2.24, 2.45) is 0 Å². The van der Waals surface area contributed by atoms with Crippen LogP contribution in [0.1, 0.15) is 18.6 Å². The average molecular weight is 300 g/mol. The van der Waals surface area contributed by atoms with Crippen molar-refractivity contribution in [1.82, 2.24) is 4.98 Å². The lowest BCUT2D eigenvalue weighted by Crippen LogP contribution is -2.21. The fourth-order valence-corrected chi connectivity index (χ4v) is 2.68. The summed E-state index contributed by atoms with van der Waals surface area (Å²) in [5, 5.41) is 21.2. The molecule has 0 bridgehead atoms. The third kappa shape index (κ3) is 3.30. The van der Waals surface area contributed by atoms with Crippen molar-refractivity contribution >= 4 is 39.4 Å². The molecule has 1 aromatic heterocycles. The summed E-state index contributed by atoms with van der Waals surface area (Å²) in [7, 11) is 0. The van der Waals surface area contributed by atoms with E-state index < -0.39 is 12.2 Å². The van der Waals surface area contributed by atoms with Gasteiger partial charge in [0, 0.05) is 35.0 Å². The van der Waals surface area contributed by atoms with Gasteiger partial charge in [-0.1, -0.05) is 23.4 Å². The van der Waals surface area contributed by atoms with Crippen LogP contribution in [-0.4, -0.2) is 32.2 Å². The van der Waals surface area contributed by atoms with Crippen LogP contribution in [0.25, 0.3) is 10.9 Å². The Hall–Kier alpha value is -1.01. The standard InChI is InChI=1S/C13H14ClNO3S/c1-7(16)19-6-12(17)13(18)9-4-8-2-3-15-11(8)5-10(9)14/h2-5,12-13,15,17-18H,6H2,1H3. The Labute approximate surface area is 119 Å². The van der Waals surface area contributed by atoms with E-state index in [0.717, 1.165) is 22.7 Å². The van der Waals surface area contributed by atoms with Gasteiger partial charge in [0.2, 0.25) is 0 Å². The van der Waals surface area contributed by atoms with Gasteiger partial charge in [-0.2, -0.15) is 0 Å². The summed E-state index contributed by atoms with van der Waals surface area (Å²) in [4.78, 5) is 13.9. The summed E-state index contributed by atoms with van der Waals surface area (Å²) in [6, 6.07) is 5.30. The second-order valence-electron chi connectivity index (χ2n) is 4.25. The fraction of sp³-hybridized carbons (Fsp3) is 0.308. The maximum absolute atomic E-state index is 10.9. The number of aromatic amines is 1. The molecule has 0 saturated heterocycles. The predicted octanol–water partition coefficient (Wildman–Crippen LogP) is 2.50. The van der Waals surface area contributed by atoms with Crippen LogP contribution in [0.2, 0.25) is 5.02 Å². The average Bonchev–Trinajstić information content (AvgIpc) is 2.80. The van der Waals surface area contributed by atoms with Gasteiger partial charge in [-0.15, -0.1) is 0 Å². The molecule has 0 spiro atoms. The van der Waals surface area contributed by atoms with Gasteiger partial charge in [0.05, 0.1) is 6.10 Å². The van der Waals surface area contributed by atoms with Crippen LogP contribution >= 0.6 is 23.4 Å². The number of H-pyrrole nitrogens is 1. The van der Waals surface area contributed by atoms with Gasteiger partial charge in [-0.25, -0.2) is 0 Å². The first-order chi connectivity index (χ1) is 8.99. The molecule has 2 unspecified atom stereocenters. The molecule has 0 amide bonds. The number of benzene rings is 1. The number of nitrogens with one attached hydrogen (secondary N) is 1. The molecular formula is C13H14ClNO3S. The van der Waals surface area contributed by atoms with Crippen molar-refractivity contribution in [2.45, 2.75) is 19.1 Å². The van der Waals surface area contributed by atoms with E-state index >= 15 is 0 Å². The molecule has 0 aliphatic heterocycles. The zero-order valence-corrected chi connectivity index (χ0v) is 11.8. The van der Waals surface area contributed by atoms with Gasteiger partial charge in [-0.3, -0.25) is 4.79 Å². The van der Waals surface area contributed by atoms with Crippen LogP contribution in [0.5, 0.6) is 0 Å². The lowest BCUT2D eigenvalue weighted by molar-refractivity contribution is -0.109. The van der Waals surface area contributed by atoms with Crippen molar-refractivity contribution in [1.29, 1.82) is 0 Å². The van der Waals surface area contributed by atoms with Crippen molar-refractivity contribution < 1.29 is 15.0 Å². The van der Waals surface area contributed by atoms with Gasteiger partial charge >= 0.3 is 0 Å². The Bertz CT molecular complexity index is 599. The first-order valence-corrected chi connectivity index (χ1v) is 7.11. The molecule has 0 fully saturated rings. The van der Waals surface area contributed by atoms with Crippen LogP contribution < -0.4 is 0 Å². The van der Waals surface area contributed by atoms with E-state index in [2.05, 4.69) is 4.98 Å². The number of halogens is 1. The largest absolute Gasteiger partial charge is 0.389 e. The van der Waals surface area contributed by atoms with Crippen LogP contribution in [-0.2, 0) is 4.79 Å². The Morgan fingerprint density at radius 1 is 1.47 bits per heavy atom. The molecule has 2 atom stereocenters. The lowest BCUT2D eigenvalue weighted by atomic mass is 10.0. The second kappa shape index (κ2) is 5.96. The van der Waals surface area contributed by atoms with E-state index in [1.54, 1.807) is 18.3 Å². The van der Waals surface area contributed by atoms with Gasteiger partial charge < -0.3 is 15.2 Å². The maximum atomic E-state index is 10.9. The van der Waals surface area contributed by atoms with Crippen LogP contribution in [0.3, 0.4) is 0 Å². The van der Waals surface area contributed by atoms with Gasteiger partial charge in [0.1, 0.15) is 6.10 Å². The first kappa shape index (κ1) is 14.4. The predicted molar refractivity (Wildman–Crippen MR) is 77.4 cm³/mol. The second-order valence-corrected chi connectivity index (χ2v) is 5.86. The molecule has 1 aromatic carbocycles. The minimum Gasteiger partial charge on any atom is -0.389 e. The van der Waals surface area contributed by atoms with E-state index in [4.69, 9.17) is 11.6 Å². The summed E-state index contributed by atoms with van der Waals surface area (Å²) < 4.78 is 0. The smallest absolute Gasteiger partial charge is 0.185 e. The molecule has 2 aromatic rings. The molecule has 0 radical (unpaired) electrons. The number of fused-ring (bicyclic) bond motifs is 1. The SMILES string of the molecule is CC(=O)SCC(O)C(O)c1cc2cc[nH]c2cc1Cl.